The molecule has 0 atom stereocenters. The van der Waals surface area contributed by atoms with Gasteiger partial charge in [0.2, 0.25) is 0 Å². The van der Waals surface area contributed by atoms with Gasteiger partial charge in [-0.25, -0.2) is 0 Å². The molecular weight excluding hydrogens is 217 g/mol. The number of thioether (sulfide) groups is 1. The van der Waals surface area contributed by atoms with Crippen LogP contribution in [0, 0.1) is 0 Å². The smallest absolute Gasteiger partial charge is 0.0113 e. The second-order valence-electron chi connectivity index (χ2n) is 1.11. The summed E-state index contributed by atoms with van der Waals surface area (Å²) in [6.45, 7) is 7.15. The molecule has 0 spiro atoms. The van der Waals surface area contributed by atoms with Crippen molar-refractivity contribution in [2.75, 3.05) is 11.5 Å². The topological polar surface area (TPSA) is 0 Å². The van der Waals surface area contributed by atoms with E-state index in [-0.39, 0.29) is 27.3 Å². The minimum absolute atomic E-state index is 0. The summed E-state index contributed by atoms with van der Waals surface area (Å²) in [5, 5.41) is 0. The first-order valence-electron chi connectivity index (χ1n) is 2.21. The van der Waals surface area contributed by atoms with E-state index >= 15 is 0 Å². The van der Waals surface area contributed by atoms with Crippen LogP contribution in [0.1, 0.15) is 0 Å². The van der Waals surface area contributed by atoms with Crippen LogP contribution < -0.4 is 0 Å². The van der Waals surface area contributed by atoms with E-state index < -0.39 is 0 Å². The Balaban J connectivity index is 0. The Hall–Kier alpha value is 0.752. The zero-order valence-corrected chi connectivity index (χ0v) is 9.95. The van der Waals surface area contributed by atoms with Crippen LogP contribution in [0.4, 0.5) is 0 Å². The van der Waals surface area contributed by atoms with Crippen LogP contribution in [0.15, 0.2) is 25.3 Å². The van der Waals surface area contributed by atoms with Gasteiger partial charge in [-0.1, -0.05) is 12.2 Å². The first-order valence-corrected chi connectivity index (χ1v) is 3.37. The molecule has 0 unspecified atom stereocenters. The summed E-state index contributed by atoms with van der Waals surface area (Å²) in [5.41, 5.74) is 0. The molecule has 8 heavy (non-hydrogen) atoms. The van der Waals surface area contributed by atoms with Crippen molar-refractivity contribution in [3.63, 3.8) is 0 Å². The summed E-state index contributed by atoms with van der Waals surface area (Å²) in [5.74, 6) is 2.07. The van der Waals surface area contributed by atoms with Crippen LogP contribution in [0.2, 0.25) is 0 Å². The van der Waals surface area contributed by atoms with Crippen LogP contribution in [-0.2, 0) is 27.3 Å². The molecule has 0 fully saturated rings. The van der Waals surface area contributed by atoms with Gasteiger partial charge in [0, 0.05) is 38.8 Å². The number of rotatable bonds is 4. The molecule has 0 aliphatic carbocycles. The summed E-state index contributed by atoms with van der Waals surface area (Å²) < 4.78 is 0. The van der Waals surface area contributed by atoms with E-state index in [9.17, 15) is 0 Å². The van der Waals surface area contributed by atoms with Gasteiger partial charge in [0.1, 0.15) is 0 Å². The molecule has 0 aliphatic heterocycles. The summed E-state index contributed by atoms with van der Waals surface area (Å²) in [6.07, 6.45) is 3.79. The van der Waals surface area contributed by atoms with Crippen LogP contribution >= 0.6 is 11.8 Å². The Morgan fingerprint density at radius 1 is 1.12 bits per heavy atom. The zero-order valence-electron chi connectivity index (χ0n) is 5.10. The molecular formula is C6H10CdS. The predicted molar refractivity (Wildman–Crippen MR) is 37.7 cm³/mol. The minimum Gasteiger partial charge on any atom is -0.154 e. The summed E-state index contributed by atoms with van der Waals surface area (Å²) in [4.78, 5) is 0. The molecule has 0 nitrogen and oxygen atoms in total. The van der Waals surface area contributed by atoms with E-state index in [0.717, 1.165) is 11.5 Å². The fourth-order valence-electron chi connectivity index (χ4n) is 0.235. The second kappa shape index (κ2) is 10.7. The van der Waals surface area contributed by atoms with E-state index in [2.05, 4.69) is 13.2 Å². The van der Waals surface area contributed by atoms with Gasteiger partial charge in [-0.3, -0.25) is 0 Å². The molecule has 42 valence electrons. The van der Waals surface area contributed by atoms with Crippen LogP contribution in [0.5, 0.6) is 0 Å². The van der Waals surface area contributed by atoms with Gasteiger partial charge < -0.3 is 0 Å². The average molecular weight is 227 g/mol. The van der Waals surface area contributed by atoms with Gasteiger partial charge in [0.15, 0.2) is 0 Å². The molecule has 2 heteroatoms. The molecule has 0 aromatic heterocycles. The average Bonchev–Trinajstić information content (AvgIpc) is 1.69. The van der Waals surface area contributed by atoms with Crippen molar-refractivity contribution in [3.8, 4) is 0 Å². The number of hydrogen-bond acceptors (Lipinski definition) is 1. The number of hydrogen-bond donors (Lipinski definition) is 0. The fraction of sp³-hybridized carbons (Fsp3) is 0.333. The van der Waals surface area contributed by atoms with Gasteiger partial charge in [0.25, 0.3) is 0 Å². The van der Waals surface area contributed by atoms with Gasteiger partial charge in [-0.05, 0) is 0 Å². The van der Waals surface area contributed by atoms with E-state index in [1.165, 1.54) is 0 Å². The predicted octanol–water partition coefficient (Wildman–Crippen LogP) is 2.09. The Labute approximate surface area is 75.6 Å². The molecule has 0 radical (unpaired) electrons. The molecule has 0 rings (SSSR count). The van der Waals surface area contributed by atoms with Gasteiger partial charge >= 0.3 is 0 Å². The molecule has 0 heterocycles. The Morgan fingerprint density at radius 3 is 1.75 bits per heavy atom. The van der Waals surface area contributed by atoms with Crippen molar-refractivity contribution in [1.29, 1.82) is 0 Å². The SMILES string of the molecule is C=CCSCC=C.[Cd]. The third kappa shape index (κ3) is 9.89. The van der Waals surface area contributed by atoms with E-state index in [4.69, 9.17) is 0 Å². The van der Waals surface area contributed by atoms with Crippen molar-refractivity contribution in [1.82, 2.24) is 0 Å². The van der Waals surface area contributed by atoms with Gasteiger partial charge in [0.05, 0.1) is 0 Å². The van der Waals surface area contributed by atoms with Crippen molar-refractivity contribution in [3.05, 3.63) is 25.3 Å². The van der Waals surface area contributed by atoms with Crippen molar-refractivity contribution >= 4 is 11.8 Å². The third-order valence-corrected chi connectivity index (χ3v) is 1.41. The molecule has 0 saturated heterocycles. The van der Waals surface area contributed by atoms with Crippen molar-refractivity contribution in [2.45, 2.75) is 0 Å². The largest absolute Gasteiger partial charge is 0.154 e. The van der Waals surface area contributed by atoms with Crippen molar-refractivity contribution < 1.29 is 27.3 Å². The van der Waals surface area contributed by atoms with E-state index in [1.807, 2.05) is 23.9 Å². The quantitative estimate of drug-likeness (QED) is 0.402. The first-order chi connectivity index (χ1) is 3.41. The molecule has 0 aliphatic rings. The molecule has 0 saturated carbocycles. The fourth-order valence-corrected chi connectivity index (χ4v) is 0.704. The summed E-state index contributed by atoms with van der Waals surface area (Å²) >= 11 is 1.82. The molecule has 0 bridgehead atoms. The molecule has 0 aromatic carbocycles. The van der Waals surface area contributed by atoms with Crippen molar-refractivity contribution in [2.24, 2.45) is 0 Å². The zero-order chi connectivity index (χ0) is 5.54. The monoisotopic (exact) mass is 228 g/mol. The Bertz CT molecular complexity index is 53.5. The van der Waals surface area contributed by atoms with Crippen LogP contribution in [0.3, 0.4) is 0 Å². The van der Waals surface area contributed by atoms with Gasteiger partial charge in [-0.2, -0.15) is 11.8 Å². The maximum atomic E-state index is 3.58. The minimum atomic E-state index is 0. The standard InChI is InChI=1S/C6H10S.Cd/c1-3-5-7-6-4-2;/h3-4H,1-2,5-6H2;. The van der Waals surface area contributed by atoms with Crippen LogP contribution in [0.25, 0.3) is 0 Å². The summed E-state index contributed by atoms with van der Waals surface area (Å²) in [7, 11) is 0. The molecule has 0 amide bonds. The van der Waals surface area contributed by atoms with Crippen LogP contribution in [-0.4, -0.2) is 11.5 Å². The van der Waals surface area contributed by atoms with E-state index in [0.29, 0.717) is 0 Å². The second-order valence-corrected chi connectivity index (χ2v) is 2.19. The normalized spacial score (nSPS) is 7.00. The Kier molecular flexibility index (Phi) is 15.4. The first kappa shape index (κ1) is 11.5. The molecule has 0 N–H and O–H groups in total. The maximum absolute atomic E-state index is 3.58. The molecule has 0 aromatic rings. The van der Waals surface area contributed by atoms with E-state index in [1.54, 1.807) is 0 Å². The van der Waals surface area contributed by atoms with Gasteiger partial charge in [-0.15, -0.1) is 13.2 Å². The maximum Gasteiger partial charge on any atom is 0.0113 e. The third-order valence-electron chi connectivity index (χ3n) is 0.471. The Morgan fingerprint density at radius 2 is 1.50 bits per heavy atom. The summed E-state index contributed by atoms with van der Waals surface area (Å²) in [6, 6.07) is 0.